The van der Waals surface area contributed by atoms with Gasteiger partial charge in [0, 0.05) is 46.4 Å². The van der Waals surface area contributed by atoms with E-state index in [0.717, 1.165) is 6.42 Å². The maximum atomic E-state index is 13.1. The summed E-state index contributed by atoms with van der Waals surface area (Å²) < 4.78 is 38.1. The summed E-state index contributed by atoms with van der Waals surface area (Å²) in [6.07, 6.45) is -2.25. The number of hydrogen-bond donors (Lipinski definition) is 5. The first-order valence-corrected chi connectivity index (χ1v) is 15.6. The number of carbonyl (C=O) groups is 5. The van der Waals surface area contributed by atoms with Gasteiger partial charge in [-0.1, -0.05) is 35.6 Å². The van der Waals surface area contributed by atoms with E-state index in [0.29, 0.717) is 36.1 Å². The Morgan fingerprint density at radius 2 is 1.75 bits per heavy atom. The van der Waals surface area contributed by atoms with Crippen LogP contribution in [0.15, 0.2) is 60.8 Å². The molecule has 0 unspecified atom stereocenters. The summed E-state index contributed by atoms with van der Waals surface area (Å²) in [6.45, 7) is -0.000465. The molecule has 0 bridgehead atoms. The lowest BCUT2D eigenvalue weighted by molar-refractivity contribution is -0.174. The third kappa shape index (κ3) is 8.58. The molecule has 0 aliphatic carbocycles. The van der Waals surface area contributed by atoms with Crippen LogP contribution in [0.5, 0.6) is 0 Å². The van der Waals surface area contributed by atoms with E-state index < -0.39 is 41.8 Å². The van der Waals surface area contributed by atoms with Gasteiger partial charge in [0.15, 0.2) is 0 Å². The summed E-state index contributed by atoms with van der Waals surface area (Å²) in [5, 5.41) is 12.3. The quantitative estimate of drug-likeness (QED) is 0.146. The molecule has 1 saturated heterocycles. The van der Waals surface area contributed by atoms with Gasteiger partial charge in [0.2, 0.25) is 5.91 Å². The number of amides is 4. The lowest BCUT2D eigenvalue weighted by atomic mass is 10.0. The average molecular weight is 722 g/mol. The van der Waals surface area contributed by atoms with Crippen LogP contribution >= 0.6 is 11.6 Å². The Kier molecular flexibility index (Phi) is 10.8. The number of nitrogens with two attached hydrogens (primary N) is 1. The van der Waals surface area contributed by atoms with Crippen LogP contribution in [-0.2, 0) is 14.4 Å². The molecule has 5 rings (SSSR count). The zero-order chi connectivity index (χ0) is 36.9. The van der Waals surface area contributed by atoms with Gasteiger partial charge in [-0.2, -0.15) is 13.2 Å². The molecule has 0 spiro atoms. The van der Waals surface area contributed by atoms with Crippen LogP contribution < -0.4 is 21.9 Å². The number of carbonyl (C=O) groups excluding carboxylic acids is 4. The molecule has 1 aliphatic heterocycles. The van der Waals surface area contributed by atoms with Crippen LogP contribution in [0.1, 0.15) is 51.1 Å². The highest BCUT2D eigenvalue weighted by Crippen LogP contribution is 2.27. The SMILES string of the molecule is NCC(=O)Nc1cc2nc(-c3ccc(C#Cc4ccc(C(=O)N5CCCC[C@H]5C(=O)O)cc4Cl)cc3)cc(C(=O)NNC(=O)C(F)(F)F)c2cn1. The van der Waals surface area contributed by atoms with Gasteiger partial charge >= 0.3 is 18.1 Å². The molecule has 0 radical (unpaired) electrons. The molecule has 1 aliphatic rings. The summed E-state index contributed by atoms with van der Waals surface area (Å²) in [7, 11) is 0. The van der Waals surface area contributed by atoms with Crippen molar-refractivity contribution in [1.82, 2.24) is 25.7 Å². The maximum Gasteiger partial charge on any atom is 0.472 e. The zero-order valence-corrected chi connectivity index (χ0v) is 27.1. The second kappa shape index (κ2) is 15.2. The number of aromatic nitrogens is 2. The first-order valence-electron chi connectivity index (χ1n) is 15.2. The monoisotopic (exact) mass is 721 g/mol. The third-order valence-electron chi connectivity index (χ3n) is 7.73. The molecule has 1 atom stereocenters. The van der Waals surface area contributed by atoms with E-state index in [4.69, 9.17) is 17.3 Å². The maximum absolute atomic E-state index is 13.1. The third-order valence-corrected chi connectivity index (χ3v) is 8.04. The zero-order valence-electron chi connectivity index (χ0n) is 26.3. The number of anilines is 1. The van der Waals surface area contributed by atoms with E-state index in [9.17, 15) is 42.3 Å². The molecule has 0 saturated carbocycles. The Balaban J connectivity index is 1.40. The van der Waals surface area contributed by atoms with Crippen LogP contribution in [0.4, 0.5) is 19.0 Å². The number of nitrogens with zero attached hydrogens (tertiary/aromatic N) is 3. The summed E-state index contributed by atoms with van der Waals surface area (Å²) in [6, 6.07) is 12.8. The van der Waals surface area contributed by atoms with Crippen LogP contribution in [0.3, 0.4) is 0 Å². The van der Waals surface area contributed by atoms with Crippen LogP contribution in [0.2, 0.25) is 5.02 Å². The van der Waals surface area contributed by atoms with Crippen molar-refractivity contribution < 1.29 is 42.3 Å². The highest BCUT2D eigenvalue weighted by atomic mass is 35.5. The lowest BCUT2D eigenvalue weighted by Crippen LogP contribution is -2.47. The molecule has 4 aromatic rings. The highest BCUT2D eigenvalue weighted by molar-refractivity contribution is 6.32. The number of hydrogen-bond acceptors (Lipinski definition) is 8. The topological polar surface area (TPSA) is 197 Å². The highest BCUT2D eigenvalue weighted by Gasteiger charge is 2.39. The van der Waals surface area contributed by atoms with Crippen LogP contribution in [0.25, 0.3) is 22.2 Å². The van der Waals surface area contributed by atoms with E-state index in [1.54, 1.807) is 35.8 Å². The van der Waals surface area contributed by atoms with E-state index in [2.05, 4.69) is 27.1 Å². The smallest absolute Gasteiger partial charge is 0.472 e. The number of benzene rings is 2. The van der Waals surface area contributed by atoms with E-state index in [-0.39, 0.29) is 45.1 Å². The molecule has 51 heavy (non-hydrogen) atoms. The molecular weight excluding hydrogens is 695 g/mol. The molecule has 3 heterocycles. The summed E-state index contributed by atoms with van der Waals surface area (Å²) in [5.74, 6) is 0.435. The number of carboxylic acid groups (broad SMARTS) is 1. The number of rotatable bonds is 6. The van der Waals surface area contributed by atoms with E-state index in [1.165, 1.54) is 40.8 Å². The van der Waals surface area contributed by atoms with E-state index >= 15 is 0 Å². The van der Waals surface area contributed by atoms with Gasteiger partial charge in [-0.15, -0.1) is 0 Å². The van der Waals surface area contributed by atoms with Gasteiger partial charge in [0.05, 0.1) is 28.3 Å². The Labute approximate surface area is 292 Å². The number of likely N-dealkylation sites (tertiary alicyclic amines) is 1. The van der Waals surface area contributed by atoms with Crippen molar-refractivity contribution in [3.05, 3.63) is 88.1 Å². The summed E-state index contributed by atoms with van der Waals surface area (Å²) in [5.41, 5.74) is 10.2. The molecule has 2 aromatic heterocycles. The first kappa shape index (κ1) is 36.2. The predicted molar refractivity (Wildman–Crippen MR) is 178 cm³/mol. The van der Waals surface area contributed by atoms with E-state index in [1.807, 2.05) is 0 Å². The fraction of sp³-hybridized carbons (Fsp3) is 0.206. The average Bonchev–Trinajstić information content (AvgIpc) is 3.11. The first-order chi connectivity index (χ1) is 24.2. The Morgan fingerprint density at radius 1 is 1.00 bits per heavy atom. The normalized spacial score (nSPS) is 14.2. The Bertz CT molecular complexity index is 2120. The molecule has 13 nitrogen and oxygen atoms in total. The van der Waals surface area contributed by atoms with Gasteiger partial charge < -0.3 is 21.1 Å². The molecule has 17 heteroatoms. The van der Waals surface area contributed by atoms with Crippen molar-refractivity contribution in [3.63, 3.8) is 0 Å². The number of carboxylic acids is 1. The molecule has 6 N–H and O–H groups in total. The fourth-order valence-corrected chi connectivity index (χ4v) is 5.41. The molecule has 2 aromatic carbocycles. The second-order valence-corrected chi connectivity index (χ2v) is 11.6. The van der Waals surface area contributed by atoms with Crippen molar-refractivity contribution >= 4 is 57.9 Å². The number of piperidine rings is 1. The Morgan fingerprint density at radius 3 is 2.41 bits per heavy atom. The number of halogens is 4. The number of fused-ring (bicyclic) bond motifs is 1. The largest absolute Gasteiger partial charge is 0.480 e. The van der Waals surface area contributed by atoms with Gasteiger partial charge in [0.25, 0.3) is 11.8 Å². The molecule has 262 valence electrons. The molecule has 1 fully saturated rings. The minimum Gasteiger partial charge on any atom is -0.480 e. The number of aliphatic carboxylic acids is 1. The van der Waals surface area contributed by atoms with Crippen LogP contribution in [0, 0.1) is 11.8 Å². The molecule has 4 amide bonds. The number of hydrazine groups is 1. The van der Waals surface area contributed by atoms with Gasteiger partial charge in [-0.3, -0.25) is 30.0 Å². The minimum atomic E-state index is -5.24. The fourth-order valence-electron chi connectivity index (χ4n) is 5.18. The van der Waals surface area contributed by atoms with Gasteiger partial charge in [-0.25, -0.2) is 14.8 Å². The van der Waals surface area contributed by atoms with Crippen molar-refractivity contribution in [3.8, 4) is 23.1 Å². The minimum absolute atomic E-state index is 0.0527. The summed E-state index contributed by atoms with van der Waals surface area (Å²) in [4.78, 5) is 70.6. The van der Waals surface area contributed by atoms with Crippen molar-refractivity contribution in [2.24, 2.45) is 5.73 Å². The number of alkyl halides is 3. The van der Waals surface area contributed by atoms with Gasteiger partial charge in [0.1, 0.15) is 11.9 Å². The van der Waals surface area contributed by atoms with Crippen LogP contribution in [-0.4, -0.2) is 74.9 Å². The Hall–Kier alpha value is -6.05. The standard InChI is InChI=1S/C34H27ClF3N7O6/c35-24-13-21(31(48)45-12-2-1-3-27(45)32(49)50)11-10-19(24)7-4-18-5-8-20(9-6-18)25-14-22(30(47)43-44-33(51)34(36,37)38)23-17-40-28(15-26(23)41-25)42-29(46)16-39/h5-6,8-11,13-15,17,27H,1-3,12,16,39H2,(H,43,47)(H,44,51)(H,49,50)(H,40,42,46)/t27-/m0/s1. The number of pyridine rings is 2. The lowest BCUT2D eigenvalue weighted by Gasteiger charge is -2.33. The number of nitrogens with one attached hydrogen (secondary N) is 3. The van der Waals surface area contributed by atoms with Crippen molar-refractivity contribution in [1.29, 1.82) is 0 Å². The van der Waals surface area contributed by atoms with Crippen molar-refractivity contribution in [2.45, 2.75) is 31.5 Å². The molecular formula is C34H27ClF3N7O6. The predicted octanol–water partition coefficient (Wildman–Crippen LogP) is 3.65. The van der Waals surface area contributed by atoms with Crippen molar-refractivity contribution in [2.75, 3.05) is 18.4 Å². The summed E-state index contributed by atoms with van der Waals surface area (Å²) >= 11 is 6.44. The second-order valence-electron chi connectivity index (χ2n) is 11.2. The van der Waals surface area contributed by atoms with Gasteiger partial charge in [-0.05, 0) is 55.7 Å².